The minimum Gasteiger partial charge on any atom is -0.492 e. The zero-order valence-electron chi connectivity index (χ0n) is 13.8. The number of carbonyl (C=O) groups excluding carboxylic acids is 1. The number of carbonyl (C=O) groups is 1. The molecule has 2 aromatic rings. The number of hydrogen-bond acceptors (Lipinski definition) is 5. The van der Waals surface area contributed by atoms with Crippen molar-refractivity contribution in [3.8, 4) is 5.75 Å². The molecule has 26 heavy (non-hydrogen) atoms. The van der Waals surface area contributed by atoms with Gasteiger partial charge in [-0.15, -0.1) is 0 Å². The molecular formula is C17H17FN2O5S. The van der Waals surface area contributed by atoms with Crippen LogP contribution in [0, 0.1) is 5.82 Å². The highest BCUT2D eigenvalue weighted by atomic mass is 32.2. The molecule has 9 heteroatoms. The summed E-state index contributed by atoms with van der Waals surface area (Å²) in [6.45, 7) is 1.82. The summed E-state index contributed by atoms with van der Waals surface area (Å²) in [7, 11) is -3.86. The van der Waals surface area contributed by atoms with Crippen molar-refractivity contribution in [2.45, 2.75) is 24.4 Å². The Bertz CT molecular complexity index is 931. The van der Waals surface area contributed by atoms with Gasteiger partial charge in [-0.3, -0.25) is 10.0 Å². The van der Waals surface area contributed by atoms with Crippen LogP contribution in [0.3, 0.4) is 0 Å². The Morgan fingerprint density at radius 1 is 1.27 bits per heavy atom. The molecule has 3 rings (SSSR count). The molecule has 1 amide bonds. The lowest BCUT2D eigenvalue weighted by Gasteiger charge is -2.25. The first-order valence-corrected chi connectivity index (χ1v) is 9.24. The van der Waals surface area contributed by atoms with E-state index in [2.05, 4.69) is 0 Å². The molecule has 1 atom stereocenters. The average molecular weight is 380 g/mol. The molecule has 2 aromatic carbocycles. The van der Waals surface area contributed by atoms with E-state index in [1.54, 1.807) is 18.5 Å². The maximum atomic E-state index is 13.1. The summed E-state index contributed by atoms with van der Waals surface area (Å²) in [5.74, 6) is -0.838. The zero-order chi connectivity index (χ0) is 18.9. The summed E-state index contributed by atoms with van der Waals surface area (Å²) < 4.78 is 45.9. The molecule has 0 bridgehead atoms. The Morgan fingerprint density at radius 3 is 2.62 bits per heavy atom. The van der Waals surface area contributed by atoms with Gasteiger partial charge in [0.25, 0.3) is 5.91 Å². The molecule has 0 saturated carbocycles. The number of rotatable bonds is 3. The normalized spacial score (nSPS) is 17.7. The zero-order valence-corrected chi connectivity index (χ0v) is 14.7. The largest absolute Gasteiger partial charge is 0.492 e. The molecule has 0 saturated heterocycles. The van der Waals surface area contributed by atoms with Gasteiger partial charge in [0.05, 0.1) is 10.9 Å². The van der Waals surface area contributed by atoms with Gasteiger partial charge in [0, 0.05) is 17.7 Å². The van der Waals surface area contributed by atoms with Gasteiger partial charge in [0.2, 0.25) is 10.0 Å². The van der Waals surface area contributed by atoms with E-state index in [0.717, 1.165) is 12.1 Å². The number of sulfonamides is 1. The molecule has 1 aliphatic rings. The summed E-state index contributed by atoms with van der Waals surface area (Å²) >= 11 is 0. The molecule has 1 unspecified atom stereocenters. The Kier molecular flexibility index (Phi) is 4.94. The van der Waals surface area contributed by atoms with Crippen molar-refractivity contribution in [2.24, 2.45) is 0 Å². The van der Waals surface area contributed by atoms with Crippen LogP contribution in [0.15, 0.2) is 47.4 Å². The maximum Gasteiger partial charge on any atom is 0.274 e. The molecule has 0 fully saturated rings. The van der Waals surface area contributed by atoms with E-state index in [1.807, 2.05) is 0 Å². The fourth-order valence-corrected chi connectivity index (χ4v) is 4.30. The molecule has 1 aliphatic heterocycles. The van der Waals surface area contributed by atoms with Crippen molar-refractivity contribution in [3.05, 3.63) is 59.4 Å². The second-order valence-corrected chi connectivity index (χ2v) is 7.82. The molecule has 0 radical (unpaired) electrons. The monoisotopic (exact) mass is 380 g/mol. The number of nitrogens with one attached hydrogen (secondary N) is 1. The van der Waals surface area contributed by atoms with Gasteiger partial charge in [-0.05, 0) is 43.3 Å². The van der Waals surface area contributed by atoms with Gasteiger partial charge in [-0.1, -0.05) is 6.07 Å². The van der Waals surface area contributed by atoms with Crippen molar-refractivity contribution in [2.75, 3.05) is 6.61 Å². The SMILES string of the molecule is CC1COc2cc(C(=O)NO)ccc2CN1S(=O)(=O)c1ccc(F)cc1. The van der Waals surface area contributed by atoms with Crippen molar-refractivity contribution in [1.29, 1.82) is 0 Å². The van der Waals surface area contributed by atoms with Gasteiger partial charge in [0.1, 0.15) is 18.2 Å². The minimum absolute atomic E-state index is 0.00882. The average Bonchev–Trinajstić information content (AvgIpc) is 2.80. The van der Waals surface area contributed by atoms with Crippen molar-refractivity contribution in [1.82, 2.24) is 9.79 Å². The third kappa shape index (κ3) is 3.41. The summed E-state index contributed by atoms with van der Waals surface area (Å²) in [5.41, 5.74) is 2.31. The smallest absolute Gasteiger partial charge is 0.274 e. The second-order valence-electron chi connectivity index (χ2n) is 5.93. The summed E-state index contributed by atoms with van der Waals surface area (Å²) in [4.78, 5) is 11.5. The number of halogens is 1. The quantitative estimate of drug-likeness (QED) is 0.627. The second kappa shape index (κ2) is 7.02. The van der Waals surface area contributed by atoms with Crippen LogP contribution in [0.4, 0.5) is 4.39 Å². The van der Waals surface area contributed by atoms with E-state index in [0.29, 0.717) is 11.3 Å². The lowest BCUT2D eigenvalue weighted by Crippen LogP contribution is -2.39. The first kappa shape index (κ1) is 18.3. The first-order chi connectivity index (χ1) is 12.3. The Balaban J connectivity index is 1.97. The number of benzene rings is 2. The Morgan fingerprint density at radius 2 is 1.96 bits per heavy atom. The molecule has 0 aliphatic carbocycles. The highest BCUT2D eigenvalue weighted by Crippen LogP contribution is 2.30. The van der Waals surface area contributed by atoms with Gasteiger partial charge >= 0.3 is 0 Å². The van der Waals surface area contributed by atoms with E-state index in [9.17, 15) is 17.6 Å². The number of fused-ring (bicyclic) bond motifs is 1. The number of hydroxylamine groups is 1. The standard InChI is InChI=1S/C17H17FN2O5S/c1-11-10-25-16-8-12(17(21)19-22)2-3-13(16)9-20(11)26(23,24)15-6-4-14(18)5-7-15/h2-8,11,22H,9-10H2,1H3,(H,19,21). The highest BCUT2D eigenvalue weighted by Gasteiger charge is 2.32. The van der Waals surface area contributed by atoms with Crippen LogP contribution in [0.5, 0.6) is 5.75 Å². The lowest BCUT2D eigenvalue weighted by molar-refractivity contribution is 0.0706. The van der Waals surface area contributed by atoms with Gasteiger partial charge in [-0.25, -0.2) is 18.3 Å². The van der Waals surface area contributed by atoms with Crippen molar-refractivity contribution in [3.63, 3.8) is 0 Å². The van der Waals surface area contributed by atoms with E-state index < -0.39 is 27.8 Å². The van der Waals surface area contributed by atoms with Crippen LogP contribution in [-0.4, -0.2) is 36.5 Å². The predicted molar refractivity (Wildman–Crippen MR) is 89.8 cm³/mol. The molecule has 2 N–H and O–H groups in total. The van der Waals surface area contributed by atoms with Crippen LogP contribution in [-0.2, 0) is 16.6 Å². The molecule has 138 valence electrons. The van der Waals surface area contributed by atoms with Gasteiger partial charge in [0.15, 0.2) is 0 Å². The fourth-order valence-electron chi connectivity index (χ4n) is 2.71. The fraction of sp³-hybridized carbons (Fsp3) is 0.235. The van der Waals surface area contributed by atoms with Gasteiger partial charge < -0.3 is 4.74 Å². The van der Waals surface area contributed by atoms with E-state index in [-0.39, 0.29) is 23.6 Å². The lowest BCUT2D eigenvalue weighted by atomic mass is 10.1. The molecule has 0 aromatic heterocycles. The molecule has 0 spiro atoms. The van der Waals surface area contributed by atoms with Crippen LogP contribution < -0.4 is 10.2 Å². The summed E-state index contributed by atoms with van der Waals surface area (Å²) in [5, 5.41) is 8.73. The van der Waals surface area contributed by atoms with E-state index in [1.165, 1.54) is 28.6 Å². The molecule has 7 nitrogen and oxygen atoms in total. The Labute approximate surface area is 150 Å². The van der Waals surface area contributed by atoms with Crippen molar-refractivity contribution >= 4 is 15.9 Å². The predicted octanol–water partition coefficient (Wildman–Crippen LogP) is 1.92. The highest BCUT2D eigenvalue weighted by molar-refractivity contribution is 7.89. The van der Waals surface area contributed by atoms with Crippen LogP contribution in [0.2, 0.25) is 0 Å². The Hall–Kier alpha value is -2.49. The number of amides is 1. The van der Waals surface area contributed by atoms with E-state index >= 15 is 0 Å². The number of ether oxygens (including phenoxy) is 1. The summed E-state index contributed by atoms with van der Waals surface area (Å²) in [6, 6.07) is 8.64. The number of hydrogen-bond donors (Lipinski definition) is 2. The van der Waals surface area contributed by atoms with Gasteiger partial charge in [-0.2, -0.15) is 4.31 Å². The molecular weight excluding hydrogens is 363 g/mol. The maximum absolute atomic E-state index is 13.1. The van der Waals surface area contributed by atoms with Crippen LogP contribution in [0.1, 0.15) is 22.8 Å². The minimum atomic E-state index is -3.86. The third-order valence-electron chi connectivity index (χ3n) is 4.15. The topological polar surface area (TPSA) is 95.9 Å². The van der Waals surface area contributed by atoms with Crippen LogP contribution >= 0.6 is 0 Å². The number of nitrogens with zero attached hydrogens (tertiary/aromatic N) is 1. The third-order valence-corrected chi connectivity index (χ3v) is 6.12. The van der Waals surface area contributed by atoms with E-state index in [4.69, 9.17) is 9.94 Å². The summed E-state index contributed by atoms with van der Waals surface area (Å²) in [6.07, 6.45) is 0. The van der Waals surface area contributed by atoms with Crippen LogP contribution in [0.25, 0.3) is 0 Å². The molecule has 1 heterocycles. The van der Waals surface area contributed by atoms with Crippen molar-refractivity contribution < 1.29 is 27.5 Å². The first-order valence-electron chi connectivity index (χ1n) is 7.80.